The lowest BCUT2D eigenvalue weighted by atomic mass is 10.1. The van der Waals surface area contributed by atoms with Gasteiger partial charge < -0.3 is 15.1 Å². The Labute approximate surface area is 139 Å². The molecule has 5 heteroatoms. The van der Waals surface area contributed by atoms with Crippen molar-refractivity contribution < 1.29 is 4.79 Å². The Morgan fingerprint density at radius 3 is 1.83 bits per heavy atom. The van der Waals surface area contributed by atoms with Gasteiger partial charge in [0.15, 0.2) is 0 Å². The molecule has 1 atom stereocenters. The maximum absolute atomic E-state index is 10.3. The van der Waals surface area contributed by atoms with Crippen molar-refractivity contribution in [2.75, 3.05) is 36.0 Å². The largest absolute Gasteiger partial charge is 0.368 e. The second-order valence-corrected chi connectivity index (χ2v) is 6.40. The van der Waals surface area contributed by atoms with Crippen LogP contribution in [0.1, 0.15) is 5.56 Å². The van der Waals surface area contributed by atoms with Crippen LogP contribution in [0.3, 0.4) is 0 Å². The predicted molar refractivity (Wildman–Crippen MR) is 99.6 cm³/mol. The molecule has 1 amide bonds. The van der Waals surface area contributed by atoms with Gasteiger partial charge in [0.05, 0.1) is 0 Å². The summed E-state index contributed by atoms with van der Waals surface area (Å²) in [6, 6.07) is 17.1. The fourth-order valence-corrected chi connectivity index (χ4v) is 3.08. The van der Waals surface area contributed by atoms with E-state index in [1.165, 1.54) is 16.7 Å². The number of rotatable bonds is 5. The van der Waals surface area contributed by atoms with Gasteiger partial charge in [0, 0.05) is 44.1 Å². The summed E-state index contributed by atoms with van der Waals surface area (Å²) >= 11 is 0. The molecule has 1 fully saturated rings. The molecule has 0 bridgehead atoms. The van der Waals surface area contributed by atoms with Crippen LogP contribution in [0.25, 0.3) is 0 Å². The maximum Gasteiger partial charge on any atom is 0.207 e. The maximum atomic E-state index is 10.3. The molecular weight excluding hydrogens is 305 g/mol. The summed E-state index contributed by atoms with van der Waals surface area (Å²) < 4.78 is 0. The van der Waals surface area contributed by atoms with Gasteiger partial charge in [0.1, 0.15) is 0 Å². The average molecular weight is 327 g/mol. The topological polar surface area (TPSA) is 35.6 Å². The standard InChI is InChI=1S/C18H22N3OP/c22-14-19-13-15-1-3-16(4-2-15)20-9-11-21(12-10-20)17-5-7-18(23)8-6-17/h1-8,14H,9-13,23H2,(H,19,22). The zero-order valence-electron chi connectivity index (χ0n) is 13.1. The van der Waals surface area contributed by atoms with E-state index in [-0.39, 0.29) is 0 Å². The number of nitrogens with zero attached hydrogens (tertiary/aromatic N) is 2. The lowest BCUT2D eigenvalue weighted by Crippen LogP contribution is -2.46. The van der Waals surface area contributed by atoms with Gasteiger partial charge in [-0.25, -0.2) is 0 Å². The van der Waals surface area contributed by atoms with Crippen molar-refractivity contribution in [3.8, 4) is 0 Å². The summed E-state index contributed by atoms with van der Waals surface area (Å²) in [6.45, 7) is 4.70. The van der Waals surface area contributed by atoms with E-state index in [1.54, 1.807) is 0 Å². The first-order valence-corrected chi connectivity index (χ1v) is 8.45. The van der Waals surface area contributed by atoms with Crippen molar-refractivity contribution >= 4 is 32.3 Å². The van der Waals surface area contributed by atoms with Crippen LogP contribution in [0.5, 0.6) is 0 Å². The molecule has 0 aliphatic carbocycles. The number of anilines is 2. The Balaban J connectivity index is 1.58. The summed E-state index contributed by atoms with van der Waals surface area (Å²) in [5, 5.41) is 3.91. The zero-order chi connectivity index (χ0) is 16.1. The second-order valence-electron chi connectivity index (χ2n) is 5.73. The lowest BCUT2D eigenvalue weighted by Gasteiger charge is -2.37. The van der Waals surface area contributed by atoms with E-state index in [9.17, 15) is 4.79 Å². The highest BCUT2D eigenvalue weighted by atomic mass is 31.0. The number of hydrogen-bond acceptors (Lipinski definition) is 3. The van der Waals surface area contributed by atoms with Crippen LogP contribution in [0, 0.1) is 0 Å². The van der Waals surface area contributed by atoms with Crippen LogP contribution in [-0.2, 0) is 11.3 Å². The van der Waals surface area contributed by atoms with E-state index < -0.39 is 0 Å². The third-order valence-corrected chi connectivity index (χ3v) is 4.61. The minimum absolute atomic E-state index is 0.587. The number of amides is 1. The van der Waals surface area contributed by atoms with E-state index in [1.807, 2.05) is 0 Å². The van der Waals surface area contributed by atoms with Gasteiger partial charge in [-0.2, -0.15) is 0 Å². The third-order valence-electron chi connectivity index (χ3n) is 4.23. The molecule has 2 aromatic rings. The third kappa shape index (κ3) is 4.02. The van der Waals surface area contributed by atoms with Crippen molar-refractivity contribution in [2.45, 2.75) is 6.54 Å². The molecule has 1 aliphatic heterocycles. The number of nitrogens with one attached hydrogen (secondary N) is 1. The SMILES string of the molecule is O=CNCc1ccc(N2CCN(c3ccc(P)cc3)CC2)cc1. The van der Waals surface area contributed by atoms with E-state index >= 15 is 0 Å². The van der Waals surface area contributed by atoms with Crippen molar-refractivity contribution in [2.24, 2.45) is 0 Å². The predicted octanol–water partition coefficient (Wildman–Crippen LogP) is 1.76. The first-order valence-electron chi connectivity index (χ1n) is 7.88. The number of benzene rings is 2. The van der Waals surface area contributed by atoms with E-state index in [4.69, 9.17) is 0 Å². The summed E-state index contributed by atoms with van der Waals surface area (Å²) in [4.78, 5) is 15.2. The molecule has 0 aromatic heterocycles. The van der Waals surface area contributed by atoms with Gasteiger partial charge in [0.2, 0.25) is 6.41 Å². The molecule has 1 N–H and O–H groups in total. The molecule has 1 saturated heterocycles. The number of carbonyl (C=O) groups is 1. The summed E-state index contributed by atoms with van der Waals surface area (Å²) in [5.74, 6) is 0. The van der Waals surface area contributed by atoms with E-state index in [2.05, 4.69) is 72.9 Å². The molecule has 0 saturated carbocycles. The van der Waals surface area contributed by atoms with Crippen molar-refractivity contribution in [3.05, 3.63) is 54.1 Å². The lowest BCUT2D eigenvalue weighted by molar-refractivity contribution is -0.109. The molecular formula is C18H22N3OP. The van der Waals surface area contributed by atoms with Crippen LogP contribution in [-0.4, -0.2) is 32.6 Å². The van der Waals surface area contributed by atoms with E-state index in [0.29, 0.717) is 6.54 Å². The van der Waals surface area contributed by atoms with Gasteiger partial charge in [-0.15, -0.1) is 9.24 Å². The van der Waals surface area contributed by atoms with Gasteiger partial charge >= 0.3 is 0 Å². The Bertz CT molecular complexity index is 634. The summed E-state index contributed by atoms with van der Waals surface area (Å²) in [6.07, 6.45) is 0.733. The highest BCUT2D eigenvalue weighted by Crippen LogP contribution is 2.20. The minimum Gasteiger partial charge on any atom is -0.368 e. The van der Waals surface area contributed by atoms with Crippen LogP contribution in [0.4, 0.5) is 11.4 Å². The highest BCUT2D eigenvalue weighted by Gasteiger charge is 2.17. The summed E-state index contributed by atoms with van der Waals surface area (Å²) in [7, 11) is 2.73. The van der Waals surface area contributed by atoms with Crippen molar-refractivity contribution in [1.29, 1.82) is 0 Å². The fourth-order valence-electron chi connectivity index (χ4n) is 2.89. The Hall–Kier alpha value is -2.06. The van der Waals surface area contributed by atoms with Gasteiger partial charge in [-0.3, -0.25) is 4.79 Å². The second kappa shape index (κ2) is 7.47. The molecule has 23 heavy (non-hydrogen) atoms. The average Bonchev–Trinajstić information content (AvgIpc) is 2.61. The first-order chi connectivity index (χ1) is 11.3. The molecule has 1 unspecified atom stereocenters. The van der Waals surface area contributed by atoms with Crippen molar-refractivity contribution in [1.82, 2.24) is 5.32 Å². The highest BCUT2D eigenvalue weighted by molar-refractivity contribution is 7.27. The molecule has 120 valence electrons. The number of carbonyl (C=O) groups excluding carboxylic acids is 1. The Morgan fingerprint density at radius 1 is 0.870 bits per heavy atom. The van der Waals surface area contributed by atoms with Crippen LogP contribution < -0.4 is 20.4 Å². The Morgan fingerprint density at radius 2 is 1.35 bits per heavy atom. The Kier molecular flexibility index (Phi) is 5.14. The number of hydrogen-bond donors (Lipinski definition) is 1. The van der Waals surface area contributed by atoms with Crippen LogP contribution >= 0.6 is 9.24 Å². The molecule has 3 rings (SSSR count). The van der Waals surface area contributed by atoms with Crippen LogP contribution in [0.2, 0.25) is 0 Å². The van der Waals surface area contributed by atoms with Crippen molar-refractivity contribution in [3.63, 3.8) is 0 Å². The quantitative estimate of drug-likeness (QED) is 0.671. The molecule has 0 spiro atoms. The molecule has 1 heterocycles. The molecule has 1 aliphatic rings. The van der Waals surface area contributed by atoms with E-state index in [0.717, 1.165) is 38.2 Å². The smallest absolute Gasteiger partial charge is 0.207 e. The molecule has 4 nitrogen and oxygen atoms in total. The summed E-state index contributed by atoms with van der Waals surface area (Å²) in [5.41, 5.74) is 3.67. The minimum atomic E-state index is 0.587. The van der Waals surface area contributed by atoms with Gasteiger partial charge in [0.25, 0.3) is 0 Å². The fraction of sp³-hybridized carbons (Fsp3) is 0.278. The molecule has 0 radical (unpaired) electrons. The molecule has 2 aromatic carbocycles. The van der Waals surface area contributed by atoms with Gasteiger partial charge in [-0.05, 0) is 35.1 Å². The van der Waals surface area contributed by atoms with Gasteiger partial charge in [-0.1, -0.05) is 24.3 Å². The monoisotopic (exact) mass is 327 g/mol. The zero-order valence-corrected chi connectivity index (χ0v) is 14.3. The van der Waals surface area contributed by atoms with Crippen LogP contribution in [0.15, 0.2) is 48.5 Å². The number of piperazine rings is 1. The first kappa shape index (κ1) is 15.8. The normalized spacial score (nSPS) is 14.7.